The van der Waals surface area contributed by atoms with Crippen LogP contribution in [0.25, 0.3) is 0 Å². The molecule has 2 aromatic carbocycles. The highest BCUT2D eigenvalue weighted by atomic mass is 79.9. The van der Waals surface area contributed by atoms with Crippen LogP contribution in [0.15, 0.2) is 52.0 Å². The van der Waals surface area contributed by atoms with Crippen LogP contribution in [-0.4, -0.2) is 25.3 Å². The van der Waals surface area contributed by atoms with Crippen LogP contribution < -0.4 is 14.9 Å². The van der Waals surface area contributed by atoms with Gasteiger partial charge in [0.05, 0.1) is 17.3 Å². The molecule has 0 aliphatic carbocycles. The van der Waals surface area contributed by atoms with Crippen molar-refractivity contribution in [2.45, 2.75) is 6.92 Å². The highest BCUT2D eigenvalue weighted by molar-refractivity contribution is 9.10. The zero-order valence-electron chi connectivity index (χ0n) is 13.2. The van der Waals surface area contributed by atoms with E-state index in [1.54, 1.807) is 44.4 Å². The molecular weight excluding hydrogens is 379 g/mol. The number of hydrazone groups is 1. The fraction of sp³-hybridized carbons (Fsp3) is 0.176. The molecule has 126 valence electrons. The molecule has 1 N–H and O–H groups in total. The molecule has 5 nitrogen and oxygen atoms in total. The van der Waals surface area contributed by atoms with Gasteiger partial charge in [-0.2, -0.15) is 5.10 Å². The predicted octanol–water partition coefficient (Wildman–Crippen LogP) is 3.52. The second-order valence-corrected chi connectivity index (χ2v) is 5.68. The highest BCUT2D eigenvalue weighted by Gasteiger charge is 2.07. The van der Waals surface area contributed by atoms with Crippen LogP contribution >= 0.6 is 15.9 Å². The highest BCUT2D eigenvalue weighted by Crippen LogP contribution is 2.28. The van der Waals surface area contributed by atoms with Gasteiger partial charge in [0, 0.05) is 0 Å². The molecule has 1 amide bonds. The third-order valence-corrected chi connectivity index (χ3v) is 3.73. The van der Waals surface area contributed by atoms with Gasteiger partial charge in [0.2, 0.25) is 0 Å². The van der Waals surface area contributed by atoms with Gasteiger partial charge < -0.3 is 9.47 Å². The molecule has 0 fully saturated rings. The summed E-state index contributed by atoms with van der Waals surface area (Å²) < 4.78 is 24.1. The first-order chi connectivity index (χ1) is 11.5. The van der Waals surface area contributed by atoms with Crippen LogP contribution in [0.1, 0.15) is 12.5 Å². The molecule has 2 aromatic rings. The third kappa shape index (κ3) is 5.06. The number of hydrogen-bond acceptors (Lipinski definition) is 4. The lowest BCUT2D eigenvalue weighted by atomic mass is 10.1. The van der Waals surface area contributed by atoms with E-state index >= 15 is 0 Å². The molecule has 0 atom stereocenters. The number of halogens is 2. The average Bonchev–Trinajstić information content (AvgIpc) is 2.59. The van der Waals surface area contributed by atoms with Crippen LogP contribution in [0, 0.1) is 5.82 Å². The summed E-state index contributed by atoms with van der Waals surface area (Å²) in [6.07, 6.45) is 0. The fourth-order valence-electron chi connectivity index (χ4n) is 1.80. The van der Waals surface area contributed by atoms with Crippen LogP contribution in [-0.2, 0) is 4.79 Å². The molecule has 0 saturated heterocycles. The second-order valence-electron chi connectivity index (χ2n) is 4.82. The first-order valence-corrected chi connectivity index (χ1v) is 7.84. The number of benzene rings is 2. The normalized spacial score (nSPS) is 11.1. The maximum atomic E-state index is 12.9. The van der Waals surface area contributed by atoms with Gasteiger partial charge in [-0.3, -0.25) is 4.79 Å². The SMILES string of the molecule is COc1ccc(OCC(=O)N/N=C(\C)c2ccc(F)cc2)c(Br)c1. The Bertz CT molecular complexity index is 748. The van der Waals surface area contributed by atoms with E-state index in [0.29, 0.717) is 21.7 Å². The van der Waals surface area contributed by atoms with E-state index < -0.39 is 5.91 Å². The van der Waals surface area contributed by atoms with Crippen molar-refractivity contribution in [1.82, 2.24) is 5.43 Å². The monoisotopic (exact) mass is 394 g/mol. The minimum Gasteiger partial charge on any atom is -0.497 e. The van der Waals surface area contributed by atoms with Gasteiger partial charge >= 0.3 is 0 Å². The maximum absolute atomic E-state index is 12.9. The molecule has 0 aliphatic heterocycles. The van der Waals surface area contributed by atoms with Gasteiger partial charge in [0.15, 0.2) is 6.61 Å². The Morgan fingerprint density at radius 3 is 2.58 bits per heavy atom. The lowest BCUT2D eigenvalue weighted by molar-refractivity contribution is -0.123. The molecule has 7 heteroatoms. The van der Waals surface area contributed by atoms with Crippen molar-refractivity contribution in [3.63, 3.8) is 0 Å². The lowest BCUT2D eigenvalue weighted by Crippen LogP contribution is -2.25. The summed E-state index contributed by atoms with van der Waals surface area (Å²) in [5.41, 5.74) is 3.68. The molecule has 0 bridgehead atoms. The van der Waals surface area contributed by atoms with E-state index in [4.69, 9.17) is 9.47 Å². The Kier molecular flexibility index (Phi) is 6.31. The Balaban J connectivity index is 1.89. The van der Waals surface area contributed by atoms with Crippen molar-refractivity contribution >= 4 is 27.5 Å². The minimum absolute atomic E-state index is 0.189. The van der Waals surface area contributed by atoms with E-state index in [1.165, 1.54) is 12.1 Å². The molecule has 0 spiro atoms. The van der Waals surface area contributed by atoms with Crippen molar-refractivity contribution < 1.29 is 18.7 Å². The van der Waals surface area contributed by atoms with Gasteiger partial charge in [0.1, 0.15) is 17.3 Å². The molecule has 0 heterocycles. The van der Waals surface area contributed by atoms with Crippen LogP contribution in [0.3, 0.4) is 0 Å². The fourth-order valence-corrected chi connectivity index (χ4v) is 2.28. The topological polar surface area (TPSA) is 59.9 Å². The number of amides is 1. The Hall–Kier alpha value is -2.41. The largest absolute Gasteiger partial charge is 0.497 e. The summed E-state index contributed by atoms with van der Waals surface area (Å²) in [6, 6.07) is 11.0. The molecule has 2 rings (SSSR count). The maximum Gasteiger partial charge on any atom is 0.277 e. The van der Waals surface area contributed by atoms with Gasteiger partial charge in [0.25, 0.3) is 5.91 Å². The number of nitrogens with one attached hydrogen (secondary N) is 1. The Labute approximate surface area is 147 Å². The number of carbonyl (C=O) groups excluding carboxylic acids is 1. The van der Waals surface area contributed by atoms with Crippen molar-refractivity contribution in [1.29, 1.82) is 0 Å². The van der Waals surface area contributed by atoms with Gasteiger partial charge in [-0.15, -0.1) is 0 Å². The summed E-state index contributed by atoms with van der Waals surface area (Å²) in [7, 11) is 1.57. The summed E-state index contributed by atoms with van der Waals surface area (Å²) in [5, 5.41) is 3.97. The molecule has 0 aromatic heterocycles. The van der Waals surface area contributed by atoms with Crippen LogP contribution in [0.4, 0.5) is 4.39 Å². The Morgan fingerprint density at radius 2 is 1.96 bits per heavy atom. The van der Waals surface area contributed by atoms with Crippen LogP contribution in [0.5, 0.6) is 11.5 Å². The van der Waals surface area contributed by atoms with Crippen molar-refractivity contribution in [3.05, 3.63) is 58.3 Å². The molecule has 0 aliphatic rings. The van der Waals surface area contributed by atoms with Gasteiger partial charge in [-0.1, -0.05) is 12.1 Å². The number of carbonyl (C=O) groups is 1. The summed E-state index contributed by atoms with van der Waals surface area (Å²) in [5.74, 6) is 0.469. The molecule has 24 heavy (non-hydrogen) atoms. The van der Waals surface area contributed by atoms with Crippen molar-refractivity contribution in [2.75, 3.05) is 13.7 Å². The number of hydrogen-bond donors (Lipinski definition) is 1. The standard InChI is InChI=1S/C17H16BrFN2O3/c1-11(12-3-5-13(19)6-4-12)20-21-17(22)10-24-16-8-7-14(23-2)9-15(16)18/h3-9H,10H2,1-2H3,(H,21,22)/b20-11+. The molecule has 0 radical (unpaired) electrons. The van der Waals surface area contributed by atoms with E-state index in [9.17, 15) is 9.18 Å². The smallest absolute Gasteiger partial charge is 0.277 e. The predicted molar refractivity (Wildman–Crippen MR) is 92.9 cm³/mol. The van der Waals surface area contributed by atoms with E-state index in [1.807, 2.05) is 0 Å². The van der Waals surface area contributed by atoms with Crippen molar-refractivity contribution in [3.8, 4) is 11.5 Å². The quantitative estimate of drug-likeness (QED) is 0.602. The second kappa shape index (κ2) is 8.44. The molecule has 0 unspecified atom stereocenters. The molecule has 0 saturated carbocycles. The molecular formula is C17H16BrFN2O3. The van der Waals surface area contributed by atoms with Gasteiger partial charge in [-0.05, 0) is 58.7 Å². The van der Waals surface area contributed by atoms with E-state index in [-0.39, 0.29) is 12.4 Å². The number of nitrogens with zero attached hydrogens (tertiary/aromatic N) is 1. The lowest BCUT2D eigenvalue weighted by Gasteiger charge is -2.09. The number of methoxy groups -OCH3 is 1. The first-order valence-electron chi connectivity index (χ1n) is 7.05. The van der Waals surface area contributed by atoms with Gasteiger partial charge in [-0.25, -0.2) is 9.82 Å². The Morgan fingerprint density at radius 1 is 1.25 bits per heavy atom. The van der Waals surface area contributed by atoms with Crippen molar-refractivity contribution in [2.24, 2.45) is 5.10 Å². The summed E-state index contributed by atoms with van der Waals surface area (Å²) in [4.78, 5) is 11.8. The summed E-state index contributed by atoms with van der Waals surface area (Å²) >= 11 is 3.34. The van der Waals surface area contributed by atoms with E-state index in [0.717, 1.165) is 5.56 Å². The zero-order valence-corrected chi connectivity index (χ0v) is 14.8. The zero-order chi connectivity index (χ0) is 17.5. The number of rotatable bonds is 6. The minimum atomic E-state index is -0.404. The first kappa shape index (κ1) is 17.9. The number of ether oxygens (including phenoxy) is 2. The average molecular weight is 395 g/mol. The van der Waals surface area contributed by atoms with Crippen LogP contribution in [0.2, 0.25) is 0 Å². The third-order valence-electron chi connectivity index (χ3n) is 3.11. The summed E-state index contributed by atoms with van der Waals surface area (Å²) in [6.45, 7) is 1.53. The van der Waals surface area contributed by atoms with E-state index in [2.05, 4.69) is 26.5 Å².